The van der Waals surface area contributed by atoms with Gasteiger partial charge in [0.05, 0.1) is 12.1 Å². The number of aromatic nitrogens is 1. The molecular weight excluding hydrogens is 336 g/mol. The standard InChI is InChI=1S/C15H17BrN2O3/c1-10(9-21-2)17-15(20)8-18-6-5-14(19)12-7-11(16)3-4-13(12)18/h3-7,10H,8-9H2,1-2H3,(H,17,20)/t10-/m0/s1. The van der Waals surface area contributed by atoms with E-state index in [0.717, 1.165) is 9.99 Å². The van der Waals surface area contributed by atoms with Gasteiger partial charge in [0.2, 0.25) is 5.91 Å². The number of benzene rings is 1. The summed E-state index contributed by atoms with van der Waals surface area (Å²) in [5, 5.41) is 3.44. The first-order valence-corrected chi connectivity index (χ1v) is 7.37. The SMILES string of the molecule is COC[C@H](C)NC(=O)Cn1ccc(=O)c2cc(Br)ccc21. The molecule has 1 N–H and O–H groups in total. The smallest absolute Gasteiger partial charge is 0.240 e. The Hall–Kier alpha value is -1.66. The first kappa shape index (κ1) is 15.7. The van der Waals surface area contributed by atoms with Crippen LogP contribution in [0, 0.1) is 0 Å². The Morgan fingerprint density at radius 3 is 2.90 bits per heavy atom. The number of rotatable bonds is 5. The third-order valence-electron chi connectivity index (χ3n) is 3.08. The fourth-order valence-corrected chi connectivity index (χ4v) is 2.55. The molecular formula is C15H17BrN2O3. The summed E-state index contributed by atoms with van der Waals surface area (Å²) in [6.07, 6.45) is 1.64. The molecule has 1 aromatic heterocycles. The molecule has 5 nitrogen and oxygen atoms in total. The molecule has 112 valence electrons. The van der Waals surface area contributed by atoms with Crippen LogP contribution in [-0.4, -0.2) is 30.2 Å². The van der Waals surface area contributed by atoms with Crippen LogP contribution in [0.15, 0.2) is 39.7 Å². The van der Waals surface area contributed by atoms with Crippen LogP contribution in [0.2, 0.25) is 0 Å². The minimum Gasteiger partial charge on any atom is -0.383 e. The van der Waals surface area contributed by atoms with Crippen molar-refractivity contribution in [3.63, 3.8) is 0 Å². The third kappa shape index (κ3) is 3.92. The number of fused-ring (bicyclic) bond motifs is 1. The van der Waals surface area contributed by atoms with E-state index >= 15 is 0 Å². The van der Waals surface area contributed by atoms with Gasteiger partial charge in [0.25, 0.3) is 0 Å². The summed E-state index contributed by atoms with van der Waals surface area (Å²) in [5.74, 6) is -0.118. The summed E-state index contributed by atoms with van der Waals surface area (Å²) < 4.78 is 7.58. The van der Waals surface area contributed by atoms with Crippen molar-refractivity contribution in [2.75, 3.05) is 13.7 Å². The molecule has 0 fully saturated rings. The summed E-state index contributed by atoms with van der Waals surface area (Å²) in [6, 6.07) is 6.86. The second kappa shape index (κ2) is 6.87. The molecule has 1 amide bonds. The summed E-state index contributed by atoms with van der Waals surface area (Å²) in [4.78, 5) is 23.9. The lowest BCUT2D eigenvalue weighted by atomic mass is 10.2. The van der Waals surface area contributed by atoms with Gasteiger partial charge in [-0.1, -0.05) is 15.9 Å². The van der Waals surface area contributed by atoms with Gasteiger partial charge < -0.3 is 14.6 Å². The van der Waals surface area contributed by atoms with Crippen molar-refractivity contribution in [2.45, 2.75) is 19.5 Å². The molecule has 1 heterocycles. The van der Waals surface area contributed by atoms with Gasteiger partial charge in [0, 0.05) is 35.3 Å². The van der Waals surface area contributed by atoms with Gasteiger partial charge in [-0.3, -0.25) is 9.59 Å². The molecule has 1 aromatic carbocycles. The van der Waals surface area contributed by atoms with E-state index in [1.807, 2.05) is 19.1 Å². The molecule has 21 heavy (non-hydrogen) atoms. The maximum absolute atomic E-state index is 12.0. The van der Waals surface area contributed by atoms with Crippen LogP contribution in [-0.2, 0) is 16.1 Å². The molecule has 1 atom stereocenters. The number of hydrogen-bond donors (Lipinski definition) is 1. The zero-order valence-corrected chi connectivity index (χ0v) is 13.5. The van der Waals surface area contributed by atoms with Crippen molar-refractivity contribution in [1.82, 2.24) is 9.88 Å². The molecule has 6 heteroatoms. The Labute approximate surface area is 131 Å². The van der Waals surface area contributed by atoms with E-state index in [1.165, 1.54) is 6.07 Å². The Kier molecular flexibility index (Phi) is 5.14. The largest absolute Gasteiger partial charge is 0.383 e. The van der Waals surface area contributed by atoms with Gasteiger partial charge in [-0.15, -0.1) is 0 Å². The molecule has 0 unspecified atom stereocenters. The molecule has 0 saturated carbocycles. The van der Waals surface area contributed by atoms with Gasteiger partial charge in [0.1, 0.15) is 6.54 Å². The van der Waals surface area contributed by atoms with Gasteiger partial charge in [-0.05, 0) is 25.1 Å². The summed E-state index contributed by atoms with van der Waals surface area (Å²) in [6.45, 7) is 2.50. The maximum atomic E-state index is 12.0. The average Bonchev–Trinajstić information content (AvgIpc) is 2.42. The highest BCUT2D eigenvalue weighted by Crippen LogP contribution is 2.16. The third-order valence-corrected chi connectivity index (χ3v) is 3.57. The Bertz CT molecular complexity index is 712. The molecule has 2 rings (SSSR count). The van der Waals surface area contributed by atoms with Crippen molar-refractivity contribution in [3.05, 3.63) is 45.2 Å². The van der Waals surface area contributed by atoms with E-state index in [-0.39, 0.29) is 23.9 Å². The van der Waals surface area contributed by atoms with Gasteiger partial charge in [-0.2, -0.15) is 0 Å². The number of nitrogens with one attached hydrogen (secondary N) is 1. The Morgan fingerprint density at radius 1 is 1.43 bits per heavy atom. The molecule has 0 aliphatic rings. The fourth-order valence-electron chi connectivity index (χ4n) is 2.19. The number of hydrogen-bond acceptors (Lipinski definition) is 3. The number of carbonyl (C=O) groups is 1. The number of ether oxygens (including phenoxy) is 1. The lowest BCUT2D eigenvalue weighted by Gasteiger charge is -2.15. The van der Waals surface area contributed by atoms with E-state index in [0.29, 0.717) is 12.0 Å². The predicted octanol–water partition coefficient (Wildman–Crippen LogP) is 1.92. The second-order valence-corrected chi connectivity index (χ2v) is 5.81. The van der Waals surface area contributed by atoms with Crippen LogP contribution in [0.5, 0.6) is 0 Å². The normalized spacial score (nSPS) is 12.3. The first-order valence-electron chi connectivity index (χ1n) is 6.58. The van der Waals surface area contributed by atoms with Crippen molar-refractivity contribution in [3.8, 4) is 0 Å². The molecule has 0 aliphatic carbocycles. The zero-order valence-electron chi connectivity index (χ0n) is 11.9. The number of halogens is 1. The molecule has 0 spiro atoms. The van der Waals surface area contributed by atoms with Crippen LogP contribution in [0.25, 0.3) is 10.9 Å². The van der Waals surface area contributed by atoms with E-state index in [9.17, 15) is 9.59 Å². The van der Waals surface area contributed by atoms with Crippen molar-refractivity contribution in [2.24, 2.45) is 0 Å². The molecule has 0 saturated heterocycles. The van der Waals surface area contributed by atoms with Crippen LogP contribution in [0.3, 0.4) is 0 Å². The topological polar surface area (TPSA) is 60.3 Å². The Balaban J connectivity index is 2.25. The van der Waals surface area contributed by atoms with Crippen LogP contribution < -0.4 is 10.7 Å². The number of amides is 1. The van der Waals surface area contributed by atoms with Crippen molar-refractivity contribution < 1.29 is 9.53 Å². The van der Waals surface area contributed by atoms with E-state index < -0.39 is 0 Å². The van der Waals surface area contributed by atoms with Crippen LogP contribution in [0.4, 0.5) is 0 Å². The van der Waals surface area contributed by atoms with Crippen LogP contribution in [0.1, 0.15) is 6.92 Å². The molecule has 0 bridgehead atoms. The Morgan fingerprint density at radius 2 is 2.19 bits per heavy atom. The van der Waals surface area contributed by atoms with Gasteiger partial charge >= 0.3 is 0 Å². The van der Waals surface area contributed by atoms with Gasteiger partial charge in [0.15, 0.2) is 5.43 Å². The fraction of sp³-hybridized carbons (Fsp3) is 0.333. The number of pyridine rings is 1. The number of carbonyl (C=O) groups excluding carboxylic acids is 1. The molecule has 0 radical (unpaired) electrons. The van der Waals surface area contributed by atoms with Crippen molar-refractivity contribution >= 4 is 32.7 Å². The lowest BCUT2D eigenvalue weighted by molar-refractivity contribution is -0.122. The first-order chi connectivity index (χ1) is 10.0. The maximum Gasteiger partial charge on any atom is 0.240 e. The summed E-state index contributed by atoms with van der Waals surface area (Å²) >= 11 is 3.35. The second-order valence-electron chi connectivity index (χ2n) is 4.89. The highest BCUT2D eigenvalue weighted by molar-refractivity contribution is 9.10. The lowest BCUT2D eigenvalue weighted by Crippen LogP contribution is -2.37. The quantitative estimate of drug-likeness (QED) is 0.894. The van der Waals surface area contributed by atoms with Gasteiger partial charge in [-0.25, -0.2) is 0 Å². The highest BCUT2D eigenvalue weighted by Gasteiger charge is 2.10. The van der Waals surface area contributed by atoms with E-state index in [1.54, 1.807) is 23.9 Å². The van der Waals surface area contributed by atoms with Crippen LogP contribution >= 0.6 is 15.9 Å². The van der Waals surface area contributed by atoms with Crippen molar-refractivity contribution in [1.29, 1.82) is 0 Å². The highest BCUT2D eigenvalue weighted by atomic mass is 79.9. The minimum absolute atomic E-state index is 0.0534. The summed E-state index contributed by atoms with van der Waals surface area (Å²) in [5.41, 5.74) is 0.677. The average molecular weight is 353 g/mol. The molecule has 0 aliphatic heterocycles. The van der Waals surface area contributed by atoms with E-state index in [2.05, 4.69) is 21.2 Å². The summed E-state index contributed by atoms with van der Waals surface area (Å²) in [7, 11) is 1.59. The monoisotopic (exact) mass is 352 g/mol. The van der Waals surface area contributed by atoms with E-state index in [4.69, 9.17) is 4.74 Å². The number of nitrogens with zero attached hydrogens (tertiary/aromatic N) is 1. The predicted molar refractivity (Wildman–Crippen MR) is 85.4 cm³/mol. The number of methoxy groups -OCH3 is 1. The zero-order chi connectivity index (χ0) is 15.4. The molecule has 2 aromatic rings. The minimum atomic E-state index is -0.118.